The Labute approximate surface area is 352 Å². The summed E-state index contributed by atoms with van der Waals surface area (Å²) in [5.74, 6) is 0.529. The van der Waals surface area contributed by atoms with Gasteiger partial charge in [0.25, 0.3) is 0 Å². The molecule has 3 aliphatic rings. The number of hydrogen-bond donors (Lipinski definition) is 0. The average Bonchev–Trinajstić information content (AvgIpc) is 3.61. The molecule has 0 N–H and O–H groups in total. The van der Waals surface area contributed by atoms with E-state index in [9.17, 15) is 0 Å². The highest BCUT2D eigenvalue weighted by molar-refractivity contribution is 6.09. The molecule has 60 heavy (non-hydrogen) atoms. The molecule has 284 valence electrons. The topological polar surface area (TPSA) is 12.9 Å². The van der Waals surface area contributed by atoms with Gasteiger partial charge in [-0.05, 0) is 113 Å². The zero-order chi connectivity index (χ0) is 40.0. The highest BCUT2D eigenvalue weighted by Gasteiger charge is 2.59. The summed E-state index contributed by atoms with van der Waals surface area (Å²) >= 11 is 0. The fraction of sp³-hybridized carbons (Fsp3) is 0.102. The average molecular weight is 766 g/mol. The van der Waals surface area contributed by atoms with Gasteiger partial charge in [-0.15, -0.1) is 0 Å². The number of aromatic nitrogens is 1. The van der Waals surface area contributed by atoms with Gasteiger partial charge in [-0.2, -0.15) is 0 Å². The van der Waals surface area contributed by atoms with E-state index in [-0.39, 0.29) is 11.3 Å². The first-order valence-electron chi connectivity index (χ1n) is 21.3. The van der Waals surface area contributed by atoms with E-state index in [1.165, 1.54) is 77.2 Å². The predicted octanol–water partition coefficient (Wildman–Crippen LogP) is 15.0. The van der Waals surface area contributed by atoms with Crippen LogP contribution in [0.1, 0.15) is 36.1 Å². The summed E-state index contributed by atoms with van der Waals surface area (Å²) in [6.45, 7) is 4.90. The first-order chi connectivity index (χ1) is 29.5. The van der Waals surface area contributed by atoms with Gasteiger partial charge in [0.05, 0.1) is 16.8 Å². The normalized spacial score (nSPS) is 19.2. The van der Waals surface area contributed by atoms with Crippen molar-refractivity contribution < 1.29 is 0 Å². The fourth-order valence-corrected chi connectivity index (χ4v) is 11.3. The molecule has 0 bridgehead atoms. The Hall–Kier alpha value is -7.09. The van der Waals surface area contributed by atoms with Crippen LogP contribution < -0.4 is 0 Å². The van der Waals surface area contributed by atoms with Crippen LogP contribution in [0.4, 0.5) is 0 Å². The molecule has 3 aliphatic carbocycles. The number of allylic oxidation sites excluding steroid dienone is 4. The second kappa shape index (κ2) is 13.2. The maximum absolute atomic E-state index is 5.30. The summed E-state index contributed by atoms with van der Waals surface area (Å²) < 4.78 is 0. The molecule has 9 aromatic rings. The Bertz CT molecular complexity index is 3180. The van der Waals surface area contributed by atoms with E-state index in [0.717, 1.165) is 22.5 Å². The molecule has 0 radical (unpaired) electrons. The van der Waals surface area contributed by atoms with E-state index in [0.29, 0.717) is 5.92 Å². The third-order valence-electron chi connectivity index (χ3n) is 14.1. The van der Waals surface area contributed by atoms with E-state index in [4.69, 9.17) is 4.98 Å². The van der Waals surface area contributed by atoms with E-state index in [1.54, 1.807) is 0 Å². The summed E-state index contributed by atoms with van der Waals surface area (Å²) in [5, 5.41) is 5.10. The molecule has 1 heterocycles. The largest absolute Gasteiger partial charge is 0.248 e. The van der Waals surface area contributed by atoms with Crippen molar-refractivity contribution in [3.63, 3.8) is 0 Å². The van der Waals surface area contributed by atoms with Crippen LogP contribution in [0.5, 0.6) is 0 Å². The van der Waals surface area contributed by atoms with Gasteiger partial charge in [-0.3, -0.25) is 0 Å². The zero-order valence-electron chi connectivity index (χ0n) is 33.8. The van der Waals surface area contributed by atoms with Crippen LogP contribution in [0.2, 0.25) is 0 Å². The van der Waals surface area contributed by atoms with Crippen molar-refractivity contribution in [2.24, 2.45) is 11.8 Å². The first kappa shape index (κ1) is 34.9. The lowest BCUT2D eigenvalue weighted by Crippen LogP contribution is -2.51. The maximum atomic E-state index is 5.30. The summed E-state index contributed by atoms with van der Waals surface area (Å²) in [4.78, 5) is 5.30. The molecular formula is C59H43N. The molecule has 3 unspecified atom stereocenters. The van der Waals surface area contributed by atoms with Gasteiger partial charge >= 0.3 is 0 Å². The van der Waals surface area contributed by atoms with Crippen molar-refractivity contribution in [2.45, 2.75) is 24.7 Å². The van der Waals surface area contributed by atoms with Crippen molar-refractivity contribution in [1.82, 2.24) is 4.98 Å². The van der Waals surface area contributed by atoms with E-state index < -0.39 is 5.41 Å². The molecule has 1 nitrogen and oxygen atoms in total. The minimum Gasteiger partial charge on any atom is -0.248 e. The van der Waals surface area contributed by atoms with Gasteiger partial charge in [0.1, 0.15) is 0 Å². The number of pyridine rings is 1. The molecule has 3 atom stereocenters. The lowest BCUT2D eigenvalue weighted by molar-refractivity contribution is 0.219. The summed E-state index contributed by atoms with van der Waals surface area (Å²) in [6.07, 6.45) is 9.57. The SMILES string of the molecule is CC1(C)c2ccccc2C2(c3ccc(-c4ccc5ccc6ccccc6c5c4)cc3-c3c(-c4cc(-c5ccccc5)nc(-c5ccccc5)c4)cccc32)C2C=CC=CC21. The summed E-state index contributed by atoms with van der Waals surface area (Å²) in [6, 6.07) is 69.9. The van der Waals surface area contributed by atoms with Gasteiger partial charge in [0, 0.05) is 17.0 Å². The van der Waals surface area contributed by atoms with Gasteiger partial charge < -0.3 is 0 Å². The Kier molecular flexibility index (Phi) is 7.69. The standard InChI is InChI=1S/C59H43N/c1-58(2)50-23-11-13-25-52(50)59(53-26-14-12-24-51(53)58)49-33-32-43(42-31-30-39-29-28-38-16-9-10-21-45(38)47(39)34-42)35-48(49)57-46(22-15-27-54(57)59)44-36-55(40-17-5-3-6-18-40)60-56(37-44)41-19-7-4-8-20-41/h3-37,50,52H,1-2H3. The third-order valence-corrected chi connectivity index (χ3v) is 14.1. The van der Waals surface area contributed by atoms with E-state index in [2.05, 4.69) is 226 Å². The minimum absolute atomic E-state index is 0.0532. The molecule has 1 aromatic heterocycles. The van der Waals surface area contributed by atoms with E-state index in [1.807, 2.05) is 0 Å². The van der Waals surface area contributed by atoms with Crippen LogP contribution in [0.25, 0.3) is 77.4 Å². The molecule has 0 saturated heterocycles. The van der Waals surface area contributed by atoms with Crippen molar-refractivity contribution in [3.8, 4) is 55.9 Å². The molecule has 1 spiro atoms. The first-order valence-corrected chi connectivity index (χ1v) is 21.3. The molecule has 0 fully saturated rings. The van der Waals surface area contributed by atoms with Crippen LogP contribution in [0.3, 0.4) is 0 Å². The Morgan fingerprint density at radius 2 is 0.967 bits per heavy atom. The Balaban J connectivity index is 1.17. The molecule has 8 aromatic carbocycles. The smallest absolute Gasteiger partial charge is 0.0715 e. The van der Waals surface area contributed by atoms with Crippen LogP contribution in [-0.2, 0) is 10.8 Å². The highest BCUT2D eigenvalue weighted by Crippen LogP contribution is 2.66. The molecule has 1 heteroatoms. The monoisotopic (exact) mass is 765 g/mol. The van der Waals surface area contributed by atoms with Crippen molar-refractivity contribution in [2.75, 3.05) is 0 Å². The number of benzene rings is 8. The second-order valence-corrected chi connectivity index (χ2v) is 17.5. The quantitative estimate of drug-likeness (QED) is 0.163. The molecule has 0 amide bonds. The zero-order valence-corrected chi connectivity index (χ0v) is 33.8. The molecule has 12 rings (SSSR count). The number of hydrogen-bond acceptors (Lipinski definition) is 1. The van der Waals surface area contributed by atoms with Gasteiger partial charge in [-0.1, -0.05) is 202 Å². The third kappa shape index (κ3) is 5.02. The lowest BCUT2D eigenvalue weighted by Gasteiger charge is -2.54. The Morgan fingerprint density at radius 1 is 0.383 bits per heavy atom. The number of fused-ring (bicyclic) bond motifs is 12. The molecular weight excluding hydrogens is 723 g/mol. The molecule has 0 saturated carbocycles. The highest BCUT2D eigenvalue weighted by atomic mass is 14.7. The minimum atomic E-state index is -0.394. The lowest BCUT2D eigenvalue weighted by atomic mass is 9.48. The van der Waals surface area contributed by atoms with Crippen LogP contribution in [0.15, 0.2) is 212 Å². The Morgan fingerprint density at radius 3 is 1.72 bits per heavy atom. The van der Waals surface area contributed by atoms with E-state index >= 15 is 0 Å². The molecule has 0 aliphatic heterocycles. The van der Waals surface area contributed by atoms with Gasteiger partial charge in [0.2, 0.25) is 0 Å². The number of nitrogens with zero attached hydrogens (tertiary/aromatic N) is 1. The number of rotatable bonds is 4. The van der Waals surface area contributed by atoms with Gasteiger partial charge in [0.15, 0.2) is 0 Å². The second-order valence-electron chi connectivity index (χ2n) is 17.5. The summed E-state index contributed by atoms with van der Waals surface area (Å²) in [5.41, 5.74) is 16.8. The fourth-order valence-electron chi connectivity index (χ4n) is 11.3. The van der Waals surface area contributed by atoms with Crippen LogP contribution in [0, 0.1) is 11.8 Å². The maximum Gasteiger partial charge on any atom is 0.0715 e. The van der Waals surface area contributed by atoms with Crippen LogP contribution in [-0.4, -0.2) is 4.98 Å². The van der Waals surface area contributed by atoms with Crippen molar-refractivity contribution >= 4 is 21.5 Å². The predicted molar refractivity (Wildman–Crippen MR) is 251 cm³/mol. The van der Waals surface area contributed by atoms with Crippen LogP contribution >= 0.6 is 0 Å². The van der Waals surface area contributed by atoms with Crippen molar-refractivity contribution in [3.05, 3.63) is 235 Å². The van der Waals surface area contributed by atoms with Crippen molar-refractivity contribution in [1.29, 1.82) is 0 Å². The summed E-state index contributed by atoms with van der Waals surface area (Å²) in [7, 11) is 0. The van der Waals surface area contributed by atoms with Gasteiger partial charge in [-0.25, -0.2) is 4.98 Å².